The van der Waals surface area contributed by atoms with Crippen LogP contribution in [0.15, 0.2) is 188 Å². The molecule has 58 heavy (non-hydrogen) atoms. The fourth-order valence-corrected chi connectivity index (χ4v) is 8.78. The summed E-state index contributed by atoms with van der Waals surface area (Å²) < 4.78 is 2.24. The predicted molar refractivity (Wildman–Crippen MR) is 237 cm³/mol. The lowest BCUT2D eigenvalue weighted by Gasteiger charge is -2.21. The number of aromatic nitrogens is 5. The van der Waals surface area contributed by atoms with Gasteiger partial charge in [0.2, 0.25) is 5.95 Å². The van der Waals surface area contributed by atoms with Crippen molar-refractivity contribution >= 4 is 21.8 Å². The Morgan fingerprint density at radius 1 is 0.397 bits per heavy atom. The summed E-state index contributed by atoms with van der Waals surface area (Å²) in [5, 5.41) is 2.30. The summed E-state index contributed by atoms with van der Waals surface area (Å²) in [6.07, 6.45) is 1.84. The summed E-state index contributed by atoms with van der Waals surface area (Å²) >= 11 is 0. The number of hydrogen-bond acceptors (Lipinski definition) is 4. The van der Waals surface area contributed by atoms with Crippen LogP contribution in [0.3, 0.4) is 0 Å². The van der Waals surface area contributed by atoms with Crippen molar-refractivity contribution in [3.8, 4) is 73.4 Å². The molecule has 3 aromatic heterocycles. The number of nitrogens with zero attached hydrogens (tertiary/aromatic N) is 5. The SMILES string of the molecule is CC1(C)c2ccccc2-c2cc3c4cc(-c5cccc(-c6cccc(-c7ccccn7)c6)c5)ccc4n(-c4nc(-c5ccccc5)nc(-c5ccccc5)n4)c3cc21. The molecule has 0 radical (unpaired) electrons. The molecule has 3 heterocycles. The summed E-state index contributed by atoms with van der Waals surface area (Å²) in [6.45, 7) is 4.66. The third kappa shape index (κ3) is 5.54. The maximum absolute atomic E-state index is 5.23. The van der Waals surface area contributed by atoms with Crippen LogP contribution in [-0.2, 0) is 5.41 Å². The second kappa shape index (κ2) is 13.3. The van der Waals surface area contributed by atoms with Gasteiger partial charge in [-0.1, -0.05) is 147 Å². The van der Waals surface area contributed by atoms with Crippen LogP contribution in [-0.4, -0.2) is 24.5 Å². The quantitative estimate of drug-likeness (QED) is 0.170. The number of hydrogen-bond donors (Lipinski definition) is 0. The van der Waals surface area contributed by atoms with Gasteiger partial charge in [0.15, 0.2) is 11.6 Å². The average Bonchev–Trinajstić information content (AvgIpc) is 3.73. The Morgan fingerprint density at radius 2 is 0.966 bits per heavy atom. The van der Waals surface area contributed by atoms with E-state index in [4.69, 9.17) is 15.0 Å². The topological polar surface area (TPSA) is 56.5 Å². The van der Waals surface area contributed by atoms with Crippen LogP contribution in [0.2, 0.25) is 0 Å². The van der Waals surface area contributed by atoms with Gasteiger partial charge >= 0.3 is 0 Å². The fraction of sp³-hybridized carbons (Fsp3) is 0.0566. The lowest BCUT2D eigenvalue weighted by Crippen LogP contribution is -2.15. The average molecular weight is 744 g/mol. The highest BCUT2D eigenvalue weighted by molar-refractivity contribution is 6.12. The lowest BCUT2D eigenvalue weighted by molar-refractivity contribution is 0.661. The van der Waals surface area contributed by atoms with Crippen LogP contribution < -0.4 is 0 Å². The highest BCUT2D eigenvalue weighted by Gasteiger charge is 2.36. The van der Waals surface area contributed by atoms with E-state index in [2.05, 4.69) is 157 Å². The molecule has 0 unspecified atom stereocenters. The first kappa shape index (κ1) is 33.8. The second-order valence-electron chi connectivity index (χ2n) is 15.5. The molecule has 10 aromatic rings. The van der Waals surface area contributed by atoms with E-state index in [0.29, 0.717) is 17.6 Å². The van der Waals surface area contributed by atoms with Gasteiger partial charge in [-0.25, -0.2) is 4.98 Å². The highest BCUT2D eigenvalue weighted by atomic mass is 15.2. The first-order chi connectivity index (χ1) is 28.5. The van der Waals surface area contributed by atoms with Gasteiger partial charge in [-0.15, -0.1) is 0 Å². The zero-order valence-electron chi connectivity index (χ0n) is 32.1. The van der Waals surface area contributed by atoms with Crippen molar-refractivity contribution in [2.45, 2.75) is 19.3 Å². The van der Waals surface area contributed by atoms with Crippen molar-refractivity contribution in [2.24, 2.45) is 0 Å². The molecule has 0 amide bonds. The Labute approximate surface area is 337 Å². The minimum absolute atomic E-state index is 0.176. The summed E-state index contributed by atoms with van der Waals surface area (Å²) in [5.74, 6) is 1.85. The second-order valence-corrected chi connectivity index (χ2v) is 15.5. The van der Waals surface area contributed by atoms with E-state index < -0.39 is 0 Å². The number of pyridine rings is 1. The van der Waals surface area contributed by atoms with Crippen molar-refractivity contribution in [1.82, 2.24) is 24.5 Å². The molecule has 1 aliphatic carbocycles. The third-order valence-electron chi connectivity index (χ3n) is 11.7. The van der Waals surface area contributed by atoms with Crippen LogP contribution in [0.4, 0.5) is 0 Å². The Kier molecular flexibility index (Phi) is 7.76. The van der Waals surface area contributed by atoms with Crippen LogP contribution in [0.1, 0.15) is 25.0 Å². The van der Waals surface area contributed by atoms with Gasteiger partial charge in [0, 0.05) is 39.1 Å². The largest absolute Gasteiger partial charge is 0.278 e. The van der Waals surface area contributed by atoms with Gasteiger partial charge in [-0.2, -0.15) is 9.97 Å². The van der Waals surface area contributed by atoms with Gasteiger partial charge in [-0.3, -0.25) is 9.55 Å². The summed E-state index contributed by atoms with van der Waals surface area (Å²) in [6, 6.07) is 64.3. The highest BCUT2D eigenvalue weighted by Crippen LogP contribution is 2.51. The summed E-state index contributed by atoms with van der Waals surface area (Å²) in [4.78, 5) is 20.1. The molecule has 0 aliphatic heterocycles. The van der Waals surface area contributed by atoms with Crippen LogP contribution in [0.5, 0.6) is 0 Å². The predicted octanol–water partition coefficient (Wildman–Crippen LogP) is 13.0. The molecule has 274 valence electrons. The maximum Gasteiger partial charge on any atom is 0.238 e. The standard InChI is InChI=1S/C53H37N5/c1-53(2)45-24-10-9-23-41(45)42-32-44-43-31-39(37-20-13-19-36(29-37)38-21-14-22-40(30-38)47-25-11-12-28-54-47)26-27-48(43)58(49(44)33-46(42)53)52-56-50(34-15-5-3-6-16-34)55-51(57-52)35-17-7-4-8-18-35/h3-33H,1-2H3. The minimum atomic E-state index is -0.176. The van der Waals surface area contributed by atoms with Crippen molar-refractivity contribution in [2.75, 3.05) is 0 Å². The first-order valence-electron chi connectivity index (χ1n) is 19.7. The van der Waals surface area contributed by atoms with E-state index in [0.717, 1.165) is 66.4 Å². The molecule has 5 nitrogen and oxygen atoms in total. The number of rotatable bonds is 6. The normalized spacial score (nSPS) is 12.8. The van der Waals surface area contributed by atoms with Gasteiger partial charge < -0.3 is 0 Å². The maximum atomic E-state index is 5.23. The van der Waals surface area contributed by atoms with E-state index in [1.165, 1.54) is 22.3 Å². The molecule has 5 heteroatoms. The fourth-order valence-electron chi connectivity index (χ4n) is 8.78. The first-order valence-corrected chi connectivity index (χ1v) is 19.7. The van der Waals surface area contributed by atoms with E-state index in [-0.39, 0.29) is 5.41 Å². The van der Waals surface area contributed by atoms with Crippen molar-refractivity contribution in [3.05, 3.63) is 199 Å². The molecule has 1 aliphatic rings. The third-order valence-corrected chi connectivity index (χ3v) is 11.7. The molecular weight excluding hydrogens is 707 g/mol. The number of benzene rings is 7. The zero-order valence-corrected chi connectivity index (χ0v) is 32.1. The minimum Gasteiger partial charge on any atom is -0.278 e. The van der Waals surface area contributed by atoms with Crippen LogP contribution >= 0.6 is 0 Å². The van der Waals surface area contributed by atoms with Crippen molar-refractivity contribution in [1.29, 1.82) is 0 Å². The van der Waals surface area contributed by atoms with Crippen molar-refractivity contribution in [3.63, 3.8) is 0 Å². The Morgan fingerprint density at radius 3 is 1.64 bits per heavy atom. The molecule has 0 N–H and O–H groups in total. The van der Waals surface area contributed by atoms with Gasteiger partial charge in [0.25, 0.3) is 0 Å². The van der Waals surface area contributed by atoms with E-state index in [9.17, 15) is 0 Å². The molecule has 0 saturated carbocycles. The monoisotopic (exact) mass is 743 g/mol. The molecule has 0 spiro atoms. The molecule has 0 saturated heterocycles. The van der Waals surface area contributed by atoms with Gasteiger partial charge in [-0.05, 0) is 93.0 Å². The van der Waals surface area contributed by atoms with E-state index >= 15 is 0 Å². The van der Waals surface area contributed by atoms with Gasteiger partial charge in [0.05, 0.1) is 16.7 Å². The lowest BCUT2D eigenvalue weighted by atomic mass is 9.82. The molecular formula is C53H37N5. The van der Waals surface area contributed by atoms with E-state index in [1.807, 2.05) is 54.7 Å². The van der Waals surface area contributed by atoms with Crippen LogP contribution in [0.25, 0.3) is 95.2 Å². The summed E-state index contributed by atoms with van der Waals surface area (Å²) in [7, 11) is 0. The molecule has 0 bridgehead atoms. The smallest absolute Gasteiger partial charge is 0.238 e. The number of fused-ring (bicyclic) bond motifs is 6. The molecule has 7 aromatic carbocycles. The Bertz CT molecular complexity index is 3130. The Balaban J connectivity index is 1.14. The zero-order chi connectivity index (χ0) is 38.8. The molecule has 11 rings (SSSR count). The van der Waals surface area contributed by atoms with Gasteiger partial charge in [0.1, 0.15) is 0 Å². The molecule has 0 fully saturated rings. The van der Waals surface area contributed by atoms with E-state index in [1.54, 1.807) is 0 Å². The molecule has 0 atom stereocenters. The van der Waals surface area contributed by atoms with Crippen LogP contribution in [0, 0.1) is 0 Å². The van der Waals surface area contributed by atoms with Crippen molar-refractivity contribution < 1.29 is 0 Å². The summed E-state index contributed by atoms with van der Waals surface area (Å²) in [5.41, 5.74) is 15.7. The Hall–Kier alpha value is -7.50.